The molecule has 31 heavy (non-hydrogen) atoms. The number of aliphatic hydroxyl groups excluding tert-OH is 1. The van der Waals surface area contributed by atoms with Gasteiger partial charge >= 0.3 is 0 Å². The van der Waals surface area contributed by atoms with Gasteiger partial charge in [-0.25, -0.2) is 0 Å². The first-order chi connectivity index (χ1) is 15.1. The Labute approximate surface area is 187 Å². The van der Waals surface area contributed by atoms with E-state index in [1.54, 1.807) is 36.7 Å². The van der Waals surface area contributed by atoms with E-state index >= 15 is 0 Å². The van der Waals surface area contributed by atoms with Crippen molar-refractivity contribution in [2.75, 3.05) is 13.2 Å². The second kappa shape index (κ2) is 10.3. The van der Waals surface area contributed by atoms with E-state index < -0.39 is 12.2 Å². The molecule has 2 heterocycles. The summed E-state index contributed by atoms with van der Waals surface area (Å²) in [5, 5.41) is 17.4. The molecule has 2 aliphatic rings. The van der Waals surface area contributed by atoms with Gasteiger partial charge in [0, 0.05) is 41.8 Å². The van der Waals surface area contributed by atoms with Crippen LogP contribution < -0.4 is 20.1 Å². The van der Waals surface area contributed by atoms with Crippen LogP contribution in [0, 0.1) is 0 Å². The zero-order chi connectivity index (χ0) is 21.6. The number of carbonyl (C=O) groups excluding carboxylic acids is 1. The number of amides is 1. The van der Waals surface area contributed by atoms with Crippen LogP contribution in [-0.2, 0) is 11.2 Å². The van der Waals surface area contributed by atoms with Crippen molar-refractivity contribution >= 4 is 17.5 Å². The summed E-state index contributed by atoms with van der Waals surface area (Å²) in [4.78, 5) is 16.6. The van der Waals surface area contributed by atoms with Crippen molar-refractivity contribution in [3.8, 4) is 11.5 Å². The molecule has 4 rings (SSSR count). The van der Waals surface area contributed by atoms with Gasteiger partial charge in [-0.3, -0.25) is 9.78 Å². The highest BCUT2D eigenvalue weighted by Crippen LogP contribution is 2.28. The number of halogens is 1. The number of carbonyl (C=O) groups is 1. The molecule has 0 spiro atoms. The van der Waals surface area contributed by atoms with Gasteiger partial charge in [0.2, 0.25) is 0 Å². The second-order valence-corrected chi connectivity index (χ2v) is 8.61. The van der Waals surface area contributed by atoms with Crippen LogP contribution in [0.5, 0.6) is 11.5 Å². The molecule has 2 aromatic rings. The molecule has 1 amide bonds. The Hall–Kier alpha value is -2.35. The molecule has 0 saturated heterocycles. The maximum absolute atomic E-state index is 12.6. The molecule has 1 aliphatic heterocycles. The summed E-state index contributed by atoms with van der Waals surface area (Å²) in [6.45, 7) is 0.691. The Morgan fingerprint density at radius 2 is 1.94 bits per heavy atom. The average molecular weight is 446 g/mol. The van der Waals surface area contributed by atoms with E-state index in [0.29, 0.717) is 35.5 Å². The van der Waals surface area contributed by atoms with E-state index in [1.807, 2.05) is 6.07 Å². The van der Waals surface area contributed by atoms with Gasteiger partial charge in [0.15, 0.2) is 6.10 Å². The number of rotatable bonds is 8. The number of fused-ring (bicyclic) bond motifs is 1. The van der Waals surface area contributed by atoms with Crippen LogP contribution in [0.25, 0.3) is 0 Å². The normalized spacial score (nSPS) is 23.5. The lowest BCUT2D eigenvalue weighted by Gasteiger charge is -2.30. The summed E-state index contributed by atoms with van der Waals surface area (Å²) in [5.74, 6) is 1.34. The van der Waals surface area contributed by atoms with Gasteiger partial charge in [-0.2, -0.15) is 0 Å². The van der Waals surface area contributed by atoms with E-state index in [4.69, 9.17) is 21.1 Å². The van der Waals surface area contributed by atoms with E-state index in [1.165, 1.54) is 0 Å². The largest absolute Gasteiger partial charge is 0.491 e. The van der Waals surface area contributed by atoms with Crippen molar-refractivity contribution in [2.45, 2.75) is 56.4 Å². The standard InChI is InChI=1S/C23H28ClN3O4/c24-16-1-7-20(8-2-16)30-14-19(28)12-26-17-3-5-18(6-4-17)27-23(29)21-11-15-9-10-25-13-22(15)31-21/h1-2,7-10,13,17-19,21,26,28H,3-6,11-12,14H2,(H,27,29). The van der Waals surface area contributed by atoms with E-state index in [2.05, 4.69) is 15.6 Å². The lowest BCUT2D eigenvalue weighted by Crippen LogP contribution is -2.47. The molecule has 1 aliphatic carbocycles. The molecule has 0 bridgehead atoms. The highest BCUT2D eigenvalue weighted by atomic mass is 35.5. The van der Waals surface area contributed by atoms with Crippen molar-refractivity contribution in [3.63, 3.8) is 0 Å². The number of benzene rings is 1. The fourth-order valence-electron chi connectivity index (χ4n) is 4.05. The number of pyridine rings is 1. The van der Waals surface area contributed by atoms with Gasteiger partial charge < -0.3 is 25.2 Å². The quantitative estimate of drug-likeness (QED) is 0.578. The predicted octanol–water partition coefficient (Wildman–Crippen LogP) is 2.50. The van der Waals surface area contributed by atoms with Crippen LogP contribution >= 0.6 is 11.6 Å². The number of aliphatic hydroxyl groups is 1. The zero-order valence-electron chi connectivity index (χ0n) is 17.3. The number of hydrogen-bond acceptors (Lipinski definition) is 6. The van der Waals surface area contributed by atoms with Crippen LogP contribution in [0.3, 0.4) is 0 Å². The van der Waals surface area contributed by atoms with Crippen LogP contribution in [0.15, 0.2) is 42.7 Å². The Morgan fingerprint density at radius 3 is 2.68 bits per heavy atom. The molecule has 0 radical (unpaired) electrons. The van der Waals surface area contributed by atoms with Gasteiger partial charge in [-0.15, -0.1) is 0 Å². The molecule has 1 saturated carbocycles. The van der Waals surface area contributed by atoms with Gasteiger partial charge in [-0.1, -0.05) is 11.6 Å². The smallest absolute Gasteiger partial charge is 0.261 e. The summed E-state index contributed by atoms with van der Waals surface area (Å²) in [6, 6.07) is 9.47. The SMILES string of the molecule is O=C(NC1CCC(NCC(O)COc2ccc(Cl)cc2)CC1)C1Cc2ccncc2O1. The summed E-state index contributed by atoms with van der Waals surface area (Å²) >= 11 is 5.85. The van der Waals surface area contributed by atoms with E-state index in [-0.39, 0.29) is 18.6 Å². The van der Waals surface area contributed by atoms with Gasteiger partial charge in [-0.05, 0) is 56.0 Å². The minimum Gasteiger partial charge on any atom is -0.491 e. The number of nitrogens with one attached hydrogen (secondary N) is 2. The molecule has 3 N–H and O–H groups in total. The topological polar surface area (TPSA) is 92.7 Å². The molecule has 7 nitrogen and oxygen atoms in total. The number of ether oxygens (including phenoxy) is 2. The fraction of sp³-hybridized carbons (Fsp3) is 0.478. The lowest BCUT2D eigenvalue weighted by atomic mass is 9.91. The molecular weight excluding hydrogens is 418 g/mol. The third-order valence-corrected chi connectivity index (χ3v) is 6.06. The number of hydrogen-bond donors (Lipinski definition) is 3. The van der Waals surface area contributed by atoms with Gasteiger partial charge in [0.05, 0.1) is 6.20 Å². The number of nitrogens with zero attached hydrogens (tertiary/aromatic N) is 1. The fourth-order valence-corrected chi connectivity index (χ4v) is 4.17. The first kappa shape index (κ1) is 21.9. The highest BCUT2D eigenvalue weighted by Gasteiger charge is 2.31. The van der Waals surface area contributed by atoms with Crippen molar-refractivity contribution in [2.24, 2.45) is 0 Å². The Bertz CT molecular complexity index is 846. The summed E-state index contributed by atoms with van der Waals surface area (Å²) < 4.78 is 11.3. The van der Waals surface area contributed by atoms with Crippen molar-refractivity contribution in [1.82, 2.24) is 15.6 Å². The predicted molar refractivity (Wildman–Crippen MR) is 118 cm³/mol. The Kier molecular flexibility index (Phi) is 7.27. The van der Waals surface area contributed by atoms with Crippen molar-refractivity contribution in [1.29, 1.82) is 0 Å². The summed E-state index contributed by atoms with van der Waals surface area (Å²) in [7, 11) is 0. The molecule has 8 heteroatoms. The first-order valence-corrected chi connectivity index (χ1v) is 11.1. The van der Waals surface area contributed by atoms with E-state index in [9.17, 15) is 9.90 Å². The third-order valence-electron chi connectivity index (χ3n) is 5.81. The van der Waals surface area contributed by atoms with Crippen LogP contribution in [0.2, 0.25) is 5.02 Å². The maximum atomic E-state index is 12.6. The molecule has 1 fully saturated rings. The van der Waals surface area contributed by atoms with Gasteiger partial charge in [0.1, 0.15) is 24.2 Å². The van der Waals surface area contributed by atoms with Crippen LogP contribution in [0.1, 0.15) is 31.2 Å². The molecular formula is C23H28ClN3O4. The Morgan fingerprint density at radius 1 is 1.19 bits per heavy atom. The third kappa shape index (κ3) is 6.09. The van der Waals surface area contributed by atoms with Crippen molar-refractivity contribution < 1.29 is 19.4 Å². The summed E-state index contributed by atoms with van der Waals surface area (Å²) in [6.07, 6.45) is 6.62. The molecule has 166 valence electrons. The molecule has 1 aromatic carbocycles. The minimum atomic E-state index is -0.594. The average Bonchev–Trinajstić information content (AvgIpc) is 3.23. The van der Waals surface area contributed by atoms with Crippen molar-refractivity contribution in [3.05, 3.63) is 53.3 Å². The first-order valence-electron chi connectivity index (χ1n) is 10.8. The lowest BCUT2D eigenvalue weighted by molar-refractivity contribution is -0.128. The monoisotopic (exact) mass is 445 g/mol. The summed E-state index contributed by atoms with van der Waals surface area (Å²) in [5.41, 5.74) is 1.03. The minimum absolute atomic E-state index is 0.0534. The molecule has 1 aromatic heterocycles. The maximum Gasteiger partial charge on any atom is 0.261 e. The molecule has 2 atom stereocenters. The van der Waals surface area contributed by atoms with Crippen LogP contribution in [-0.4, -0.2) is 53.4 Å². The highest BCUT2D eigenvalue weighted by molar-refractivity contribution is 6.30. The number of aromatic nitrogens is 1. The van der Waals surface area contributed by atoms with E-state index in [0.717, 1.165) is 31.2 Å². The zero-order valence-corrected chi connectivity index (χ0v) is 18.1. The van der Waals surface area contributed by atoms with Crippen LogP contribution in [0.4, 0.5) is 0 Å². The molecule has 2 unspecified atom stereocenters. The van der Waals surface area contributed by atoms with Gasteiger partial charge in [0.25, 0.3) is 5.91 Å². The second-order valence-electron chi connectivity index (χ2n) is 8.18. The Balaban J connectivity index is 1.12.